The van der Waals surface area contributed by atoms with Crippen LogP contribution in [0, 0.1) is 12.7 Å². The van der Waals surface area contributed by atoms with Crippen LogP contribution in [-0.2, 0) is 0 Å². The predicted molar refractivity (Wildman–Crippen MR) is 112 cm³/mol. The Hall–Kier alpha value is -2.86. The van der Waals surface area contributed by atoms with Crippen molar-refractivity contribution in [1.82, 2.24) is 9.97 Å². The van der Waals surface area contributed by atoms with Gasteiger partial charge in [0.1, 0.15) is 11.6 Å². The molecule has 0 unspecified atom stereocenters. The summed E-state index contributed by atoms with van der Waals surface area (Å²) in [6.07, 6.45) is 1.75. The molecule has 1 aliphatic heterocycles. The SMILES string of the molecule is Cc1cc(Cl)ccc1Nc1nccc(N2CCN(c3ccccc3F)CC2)n1. The van der Waals surface area contributed by atoms with Gasteiger partial charge in [-0.15, -0.1) is 0 Å². The number of hydrogen-bond acceptors (Lipinski definition) is 5. The third kappa shape index (κ3) is 4.02. The number of aryl methyl sites for hydroxylation is 1. The number of piperazine rings is 1. The van der Waals surface area contributed by atoms with Crippen LogP contribution in [0.1, 0.15) is 5.56 Å². The van der Waals surface area contributed by atoms with Gasteiger partial charge in [-0.1, -0.05) is 23.7 Å². The molecule has 144 valence electrons. The van der Waals surface area contributed by atoms with Gasteiger partial charge in [0, 0.05) is 43.1 Å². The summed E-state index contributed by atoms with van der Waals surface area (Å²) in [6, 6.07) is 14.5. The fourth-order valence-electron chi connectivity index (χ4n) is 3.36. The summed E-state index contributed by atoms with van der Waals surface area (Å²) in [5.74, 6) is 1.22. The fraction of sp³-hybridized carbons (Fsp3) is 0.238. The minimum absolute atomic E-state index is 0.178. The molecule has 0 radical (unpaired) electrons. The molecule has 7 heteroatoms. The van der Waals surface area contributed by atoms with Gasteiger partial charge in [0.05, 0.1) is 5.69 Å². The number of benzene rings is 2. The summed E-state index contributed by atoms with van der Waals surface area (Å²) >= 11 is 6.02. The van der Waals surface area contributed by atoms with Crippen LogP contribution in [0.4, 0.5) is 27.5 Å². The van der Waals surface area contributed by atoms with E-state index in [4.69, 9.17) is 11.6 Å². The van der Waals surface area contributed by atoms with E-state index >= 15 is 0 Å². The molecule has 1 fully saturated rings. The second-order valence-corrected chi connectivity index (χ2v) is 7.18. The van der Waals surface area contributed by atoms with Crippen LogP contribution in [-0.4, -0.2) is 36.1 Å². The second-order valence-electron chi connectivity index (χ2n) is 6.75. The Morgan fingerprint density at radius 1 is 1.00 bits per heavy atom. The lowest BCUT2D eigenvalue weighted by molar-refractivity contribution is 0.596. The molecule has 4 rings (SSSR count). The maximum atomic E-state index is 14.0. The van der Waals surface area contributed by atoms with E-state index in [1.165, 1.54) is 6.07 Å². The molecular formula is C21H21ClFN5. The molecule has 28 heavy (non-hydrogen) atoms. The van der Waals surface area contributed by atoms with Crippen molar-refractivity contribution in [2.45, 2.75) is 6.92 Å². The molecule has 0 amide bonds. The molecule has 2 aromatic carbocycles. The van der Waals surface area contributed by atoms with E-state index in [0.717, 1.165) is 43.2 Å². The van der Waals surface area contributed by atoms with Gasteiger partial charge in [-0.3, -0.25) is 0 Å². The molecule has 1 aromatic heterocycles. The standard InChI is InChI=1S/C21H21ClFN5/c1-15-14-16(22)6-7-18(15)25-21-24-9-8-20(26-21)28-12-10-27(11-13-28)19-5-3-2-4-17(19)23/h2-9,14H,10-13H2,1H3,(H,24,25,26). The molecule has 1 saturated heterocycles. The fourth-order valence-corrected chi connectivity index (χ4v) is 3.58. The largest absolute Gasteiger partial charge is 0.366 e. The highest BCUT2D eigenvalue weighted by Crippen LogP contribution is 2.24. The van der Waals surface area contributed by atoms with E-state index < -0.39 is 0 Å². The smallest absolute Gasteiger partial charge is 0.229 e. The Bertz CT molecular complexity index is 973. The zero-order valence-electron chi connectivity index (χ0n) is 15.6. The Morgan fingerprint density at radius 3 is 2.50 bits per heavy atom. The third-order valence-electron chi connectivity index (χ3n) is 4.87. The Kier molecular flexibility index (Phi) is 5.30. The zero-order valence-corrected chi connectivity index (χ0v) is 16.3. The molecule has 1 N–H and O–H groups in total. The normalized spacial score (nSPS) is 14.2. The lowest BCUT2D eigenvalue weighted by Gasteiger charge is -2.36. The minimum Gasteiger partial charge on any atom is -0.366 e. The van der Waals surface area contributed by atoms with Crippen molar-refractivity contribution in [2.75, 3.05) is 41.3 Å². The van der Waals surface area contributed by atoms with Gasteiger partial charge in [-0.25, -0.2) is 9.37 Å². The first kappa shape index (κ1) is 18.5. The van der Waals surface area contributed by atoms with Crippen LogP contribution in [0.2, 0.25) is 5.02 Å². The van der Waals surface area contributed by atoms with Crippen LogP contribution < -0.4 is 15.1 Å². The summed E-state index contributed by atoms with van der Waals surface area (Å²) < 4.78 is 14.0. The molecule has 0 aliphatic carbocycles. The number of rotatable bonds is 4. The van der Waals surface area contributed by atoms with Gasteiger partial charge < -0.3 is 15.1 Å². The van der Waals surface area contributed by atoms with Gasteiger partial charge in [0.15, 0.2) is 0 Å². The molecule has 0 bridgehead atoms. The van der Waals surface area contributed by atoms with E-state index in [-0.39, 0.29) is 5.82 Å². The Labute approximate surface area is 168 Å². The van der Waals surface area contributed by atoms with Crippen molar-refractivity contribution in [3.8, 4) is 0 Å². The van der Waals surface area contributed by atoms with Crippen molar-refractivity contribution in [2.24, 2.45) is 0 Å². The summed E-state index contributed by atoms with van der Waals surface area (Å²) in [5.41, 5.74) is 2.61. The second kappa shape index (κ2) is 8.02. The van der Waals surface area contributed by atoms with Gasteiger partial charge in [-0.2, -0.15) is 4.98 Å². The van der Waals surface area contributed by atoms with Crippen molar-refractivity contribution in [1.29, 1.82) is 0 Å². The highest BCUT2D eigenvalue weighted by atomic mass is 35.5. The average molecular weight is 398 g/mol. The quantitative estimate of drug-likeness (QED) is 0.694. The monoisotopic (exact) mass is 397 g/mol. The van der Waals surface area contributed by atoms with Crippen LogP contribution >= 0.6 is 11.6 Å². The highest BCUT2D eigenvalue weighted by molar-refractivity contribution is 6.30. The van der Waals surface area contributed by atoms with E-state index in [2.05, 4.69) is 25.1 Å². The molecule has 0 atom stereocenters. The first-order valence-electron chi connectivity index (χ1n) is 9.21. The Morgan fingerprint density at radius 2 is 1.75 bits per heavy atom. The maximum Gasteiger partial charge on any atom is 0.229 e. The molecule has 1 aliphatic rings. The minimum atomic E-state index is -0.178. The van der Waals surface area contributed by atoms with Crippen molar-refractivity contribution in [3.63, 3.8) is 0 Å². The number of halogens is 2. The van der Waals surface area contributed by atoms with Crippen LogP contribution in [0.3, 0.4) is 0 Å². The summed E-state index contributed by atoms with van der Waals surface area (Å²) in [7, 11) is 0. The summed E-state index contributed by atoms with van der Waals surface area (Å²) in [6.45, 7) is 5.00. The van der Waals surface area contributed by atoms with Crippen LogP contribution in [0.15, 0.2) is 54.7 Å². The first-order chi connectivity index (χ1) is 13.6. The number of aromatic nitrogens is 2. The zero-order chi connectivity index (χ0) is 19.5. The van der Waals surface area contributed by atoms with Crippen molar-refractivity contribution >= 4 is 34.7 Å². The molecule has 0 spiro atoms. The van der Waals surface area contributed by atoms with Crippen LogP contribution in [0.5, 0.6) is 0 Å². The predicted octanol–water partition coefficient (Wildman–Crippen LogP) is 4.65. The van der Waals surface area contributed by atoms with Crippen molar-refractivity contribution < 1.29 is 4.39 Å². The van der Waals surface area contributed by atoms with E-state index in [0.29, 0.717) is 16.7 Å². The van der Waals surface area contributed by atoms with E-state index in [1.807, 2.05) is 43.3 Å². The average Bonchev–Trinajstić information content (AvgIpc) is 2.71. The number of hydrogen-bond donors (Lipinski definition) is 1. The lowest BCUT2D eigenvalue weighted by Crippen LogP contribution is -2.47. The molecule has 3 aromatic rings. The molecule has 0 saturated carbocycles. The number of nitrogens with one attached hydrogen (secondary N) is 1. The van der Waals surface area contributed by atoms with Gasteiger partial charge in [0.25, 0.3) is 0 Å². The first-order valence-corrected chi connectivity index (χ1v) is 9.58. The van der Waals surface area contributed by atoms with Gasteiger partial charge in [-0.05, 0) is 48.9 Å². The number of anilines is 4. The molecule has 2 heterocycles. The summed E-state index contributed by atoms with van der Waals surface area (Å²) in [4.78, 5) is 13.2. The van der Waals surface area contributed by atoms with E-state index in [1.54, 1.807) is 12.3 Å². The van der Waals surface area contributed by atoms with Crippen molar-refractivity contribution in [3.05, 3.63) is 71.1 Å². The summed E-state index contributed by atoms with van der Waals surface area (Å²) in [5, 5.41) is 3.95. The Balaban J connectivity index is 1.44. The molecule has 5 nitrogen and oxygen atoms in total. The topological polar surface area (TPSA) is 44.3 Å². The number of para-hydroxylation sites is 1. The van der Waals surface area contributed by atoms with E-state index in [9.17, 15) is 4.39 Å². The lowest BCUT2D eigenvalue weighted by atomic mass is 10.2. The highest BCUT2D eigenvalue weighted by Gasteiger charge is 2.20. The van der Waals surface area contributed by atoms with Gasteiger partial charge >= 0.3 is 0 Å². The van der Waals surface area contributed by atoms with Gasteiger partial charge in [0.2, 0.25) is 5.95 Å². The number of nitrogens with zero attached hydrogens (tertiary/aromatic N) is 4. The third-order valence-corrected chi connectivity index (χ3v) is 5.11. The van der Waals surface area contributed by atoms with Crippen LogP contribution in [0.25, 0.3) is 0 Å². The molecular weight excluding hydrogens is 377 g/mol. The maximum absolute atomic E-state index is 14.0.